The number of rotatable bonds is 14. The van der Waals surface area contributed by atoms with Crippen LogP contribution in [0.5, 0.6) is 0 Å². The molecule has 0 aliphatic carbocycles. The summed E-state index contributed by atoms with van der Waals surface area (Å²) in [4.78, 5) is 7.50. The lowest BCUT2D eigenvalue weighted by atomic mass is 10.1. The molecule has 2 aromatic carbocycles. The molecule has 1 heterocycles. The molecule has 3 aromatic rings. The molecule has 170 valence electrons. The quantitative estimate of drug-likeness (QED) is 0.205. The van der Waals surface area contributed by atoms with Crippen molar-refractivity contribution in [1.29, 1.82) is 0 Å². The molecule has 0 unspecified atom stereocenters. The van der Waals surface area contributed by atoms with Crippen molar-refractivity contribution in [2.24, 2.45) is 0 Å². The summed E-state index contributed by atoms with van der Waals surface area (Å²) in [6.07, 6.45) is 10.4. The van der Waals surface area contributed by atoms with Gasteiger partial charge < -0.3 is 10.2 Å². The number of anilines is 1. The Bertz CT molecular complexity index is 834. The van der Waals surface area contributed by atoms with Crippen LogP contribution in [0.3, 0.4) is 0 Å². The number of fused-ring (bicyclic) bond motifs is 2. The summed E-state index contributed by atoms with van der Waals surface area (Å²) in [5.41, 5.74) is 3.37. The van der Waals surface area contributed by atoms with E-state index in [0.717, 1.165) is 17.6 Å². The van der Waals surface area contributed by atoms with Gasteiger partial charge in [-0.3, -0.25) is 0 Å². The Morgan fingerprint density at radius 2 is 1.19 bits per heavy atom. The zero-order valence-electron chi connectivity index (χ0n) is 19.4. The molecule has 0 atom stereocenters. The van der Waals surface area contributed by atoms with Crippen LogP contribution in [0.15, 0.2) is 48.5 Å². The lowest BCUT2D eigenvalue weighted by Gasteiger charge is -2.21. The Morgan fingerprint density at radius 3 is 1.77 bits per heavy atom. The number of para-hydroxylation sites is 2. The standard InChI is InChI=1S/C27H39N3.ClH/c1-3-5-20-30(21-6-4-2)22-14-8-7-13-19-28-27-23-15-9-11-17-25(23)29-26-18-12-10-16-24(26)27;/h9-12,15-18H,3-8,13-14,19-22H2,1-2H3,(H,28,29);1H. The minimum atomic E-state index is 0. The number of unbranched alkanes of at least 4 members (excludes halogenated alkanes) is 5. The summed E-state index contributed by atoms with van der Waals surface area (Å²) in [7, 11) is 0. The van der Waals surface area contributed by atoms with E-state index in [2.05, 4.69) is 72.6 Å². The Labute approximate surface area is 195 Å². The summed E-state index contributed by atoms with van der Waals surface area (Å²) in [5, 5.41) is 6.18. The van der Waals surface area contributed by atoms with Crippen molar-refractivity contribution in [3.63, 3.8) is 0 Å². The number of aromatic nitrogens is 1. The van der Waals surface area contributed by atoms with E-state index >= 15 is 0 Å². The monoisotopic (exact) mass is 441 g/mol. The molecule has 0 amide bonds. The molecule has 0 saturated heterocycles. The number of benzene rings is 2. The maximum Gasteiger partial charge on any atom is 0.0730 e. The first-order valence-corrected chi connectivity index (χ1v) is 12.1. The van der Waals surface area contributed by atoms with Gasteiger partial charge in [-0.15, -0.1) is 12.4 Å². The SMILES string of the molecule is CCCCN(CCCC)CCCCCCNc1c2ccccc2nc2ccccc12.Cl. The average molecular weight is 442 g/mol. The maximum atomic E-state index is 4.82. The van der Waals surface area contributed by atoms with Gasteiger partial charge in [0.25, 0.3) is 0 Å². The van der Waals surface area contributed by atoms with E-state index < -0.39 is 0 Å². The van der Waals surface area contributed by atoms with Crippen molar-refractivity contribution in [2.75, 3.05) is 31.5 Å². The predicted molar refractivity (Wildman–Crippen MR) is 140 cm³/mol. The van der Waals surface area contributed by atoms with Gasteiger partial charge in [0.1, 0.15) is 0 Å². The molecule has 0 aliphatic rings. The molecule has 0 bridgehead atoms. The molecule has 1 N–H and O–H groups in total. The predicted octanol–water partition coefficient (Wildman–Crippen LogP) is 7.68. The first-order chi connectivity index (χ1) is 14.8. The fourth-order valence-electron chi connectivity index (χ4n) is 4.16. The van der Waals surface area contributed by atoms with E-state index in [1.165, 1.54) is 87.5 Å². The van der Waals surface area contributed by atoms with Gasteiger partial charge >= 0.3 is 0 Å². The molecule has 0 fully saturated rings. The highest BCUT2D eigenvalue weighted by Gasteiger charge is 2.08. The number of hydrogen-bond donors (Lipinski definition) is 1. The van der Waals surface area contributed by atoms with Crippen LogP contribution in [0.4, 0.5) is 5.69 Å². The maximum absolute atomic E-state index is 4.82. The molecule has 3 rings (SSSR count). The Balaban J connectivity index is 0.00000341. The topological polar surface area (TPSA) is 28.2 Å². The molecular weight excluding hydrogens is 402 g/mol. The highest BCUT2D eigenvalue weighted by atomic mass is 35.5. The van der Waals surface area contributed by atoms with Crippen LogP contribution in [-0.4, -0.2) is 36.1 Å². The van der Waals surface area contributed by atoms with Gasteiger partial charge in [0.2, 0.25) is 0 Å². The van der Waals surface area contributed by atoms with Gasteiger partial charge in [0.15, 0.2) is 0 Å². The Morgan fingerprint density at radius 1 is 0.677 bits per heavy atom. The fraction of sp³-hybridized carbons (Fsp3) is 0.519. The van der Waals surface area contributed by atoms with Crippen LogP contribution in [0.25, 0.3) is 21.8 Å². The number of pyridine rings is 1. The second-order valence-electron chi connectivity index (χ2n) is 8.41. The molecule has 0 saturated carbocycles. The van der Waals surface area contributed by atoms with Crippen LogP contribution in [-0.2, 0) is 0 Å². The van der Waals surface area contributed by atoms with Crippen molar-refractivity contribution < 1.29 is 0 Å². The first kappa shape index (κ1) is 25.4. The zero-order chi connectivity index (χ0) is 21.0. The molecule has 4 heteroatoms. The van der Waals surface area contributed by atoms with Gasteiger partial charge in [-0.05, 0) is 57.5 Å². The third-order valence-electron chi connectivity index (χ3n) is 5.95. The second-order valence-corrected chi connectivity index (χ2v) is 8.41. The normalized spacial score (nSPS) is 11.2. The highest BCUT2D eigenvalue weighted by molar-refractivity contribution is 6.07. The van der Waals surface area contributed by atoms with Crippen molar-refractivity contribution in [1.82, 2.24) is 9.88 Å². The zero-order valence-corrected chi connectivity index (χ0v) is 20.2. The van der Waals surface area contributed by atoms with Crippen LogP contribution in [0.2, 0.25) is 0 Å². The van der Waals surface area contributed by atoms with E-state index in [1.807, 2.05) is 0 Å². The Hall–Kier alpha value is -1.84. The van der Waals surface area contributed by atoms with Gasteiger partial charge in [0, 0.05) is 17.3 Å². The second kappa shape index (κ2) is 14.3. The largest absolute Gasteiger partial charge is 0.384 e. The molecule has 3 nitrogen and oxygen atoms in total. The number of halogens is 1. The molecule has 1 aromatic heterocycles. The van der Waals surface area contributed by atoms with E-state index in [1.54, 1.807) is 0 Å². The Kier molecular flexibility index (Phi) is 11.7. The summed E-state index contributed by atoms with van der Waals surface area (Å²) >= 11 is 0. The summed E-state index contributed by atoms with van der Waals surface area (Å²) in [6, 6.07) is 16.9. The van der Waals surface area contributed by atoms with Gasteiger partial charge in [-0.25, -0.2) is 4.98 Å². The van der Waals surface area contributed by atoms with E-state index in [9.17, 15) is 0 Å². The van der Waals surface area contributed by atoms with E-state index in [-0.39, 0.29) is 12.4 Å². The van der Waals surface area contributed by atoms with Crippen LogP contribution in [0.1, 0.15) is 65.2 Å². The molecule has 0 spiro atoms. The first-order valence-electron chi connectivity index (χ1n) is 12.1. The third-order valence-corrected chi connectivity index (χ3v) is 5.95. The van der Waals surface area contributed by atoms with Gasteiger partial charge in [-0.1, -0.05) is 75.9 Å². The fourth-order valence-corrected chi connectivity index (χ4v) is 4.16. The molecule has 31 heavy (non-hydrogen) atoms. The molecule has 0 aliphatic heterocycles. The number of hydrogen-bond acceptors (Lipinski definition) is 3. The smallest absolute Gasteiger partial charge is 0.0730 e. The lowest BCUT2D eigenvalue weighted by molar-refractivity contribution is 0.259. The van der Waals surface area contributed by atoms with Crippen LogP contribution in [0, 0.1) is 0 Å². The van der Waals surface area contributed by atoms with E-state index in [4.69, 9.17) is 4.98 Å². The highest BCUT2D eigenvalue weighted by Crippen LogP contribution is 2.30. The average Bonchev–Trinajstić information content (AvgIpc) is 2.79. The van der Waals surface area contributed by atoms with Crippen LogP contribution < -0.4 is 5.32 Å². The van der Waals surface area contributed by atoms with Crippen LogP contribution >= 0.6 is 12.4 Å². The van der Waals surface area contributed by atoms with Crippen molar-refractivity contribution >= 4 is 39.9 Å². The van der Waals surface area contributed by atoms with Gasteiger partial charge in [-0.2, -0.15) is 0 Å². The van der Waals surface area contributed by atoms with Gasteiger partial charge in [0.05, 0.1) is 16.7 Å². The van der Waals surface area contributed by atoms with Crippen molar-refractivity contribution in [3.8, 4) is 0 Å². The summed E-state index contributed by atoms with van der Waals surface area (Å²) < 4.78 is 0. The molecule has 0 radical (unpaired) electrons. The van der Waals surface area contributed by atoms with Crippen molar-refractivity contribution in [3.05, 3.63) is 48.5 Å². The minimum Gasteiger partial charge on any atom is -0.384 e. The number of nitrogens with zero attached hydrogens (tertiary/aromatic N) is 2. The molecular formula is C27H40ClN3. The lowest BCUT2D eigenvalue weighted by Crippen LogP contribution is -2.27. The van der Waals surface area contributed by atoms with Crippen molar-refractivity contribution in [2.45, 2.75) is 65.2 Å². The summed E-state index contributed by atoms with van der Waals surface area (Å²) in [6.45, 7) is 9.43. The minimum absolute atomic E-state index is 0. The third kappa shape index (κ3) is 7.66. The number of nitrogens with one attached hydrogen (secondary N) is 1. The summed E-state index contributed by atoms with van der Waals surface area (Å²) in [5.74, 6) is 0. The van der Waals surface area contributed by atoms with E-state index in [0.29, 0.717) is 0 Å².